The molecule has 11 heteroatoms. The van der Waals surface area contributed by atoms with Gasteiger partial charge >= 0.3 is 0 Å². The first-order valence-electron chi connectivity index (χ1n) is 12.2. The minimum atomic E-state index is -0.203. The number of fused-ring (bicyclic) bond motifs is 1. The summed E-state index contributed by atoms with van der Waals surface area (Å²) in [6.45, 7) is 7.39. The summed E-state index contributed by atoms with van der Waals surface area (Å²) in [4.78, 5) is 32.9. The third-order valence-corrected chi connectivity index (χ3v) is 6.57. The Kier molecular flexibility index (Phi) is 6.94. The van der Waals surface area contributed by atoms with Gasteiger partial charge in [-0.15, -0.1) is 0 Å². The lowest BCUT2D eigenvalue weighted by Crippen LogP contribution is -2.46. The number of hydrogen-bond donors (Lipinski definition) is 2. The van der Waals surface area contributed by atoms with Crippen molar-refractivity contribution in [1.29, 1.82) is 0 Å². The lowest BCUT2D eigenvalue weighted by atomic mass is 10.1. The van der Waals surface area contributed by atoms with Gasteiger partial charge in [-0.3, -0.25) is 4.79 Å². The monoisotopic (exact) mass is 520 g/mol. The van der Waals surface area contributed by atoms with Crippen LogP contribution in [0.4, 0.5) is 23.1 Å². The van der Waals surface area contributed by atoms with Crippen LogP contribution in [0.5, 0.6) is 0 Å². The van der Waals surface area contributed by atoms with E-state index >= 15 is 0 Å². The van der Waals surface area contributed by atoms with Gasteiger partial charge in [-0.25, -0.2) is 15.0 Å². The van der Waals surface area contributed by atoms with Crippen molar-refractivity contribution in [3.8, 4) is 0 Å². The van der Waals surface area contributed by atoms with Crippen molar-refractivity contribution in [3.05, 3.63) is 70.1 Å². The molecule has 0 amide bonds. The Bertz CT molecular complexity index is 1470. The van der Waals surface area contributed by atoms with E-state index in [1.165, 1.54) is 0 Å². The lowest BCUT2D eigenvalue weighted by molar-refractivity contribution is -0.00571. The number of para-hydroxylation sites is 1. The van der Waals surface area contributed by atoms with Gasteiger partial charge in [0.05, 0.1) is 35.7 Å². The molecule has 0 aliphatic carbocycles. The summed E-state index contributed by atoms with van der Waals surface area (Å²) in [5.41, 5.74) is 1.94. The predicted octanol–water partition coefficient (Wildman–Crippen LogP) is 4.30. The maximum absolute atomic E-state index is 13.0. The molecule has 5 rings (SSSR count). The van der Waals surface area contributed by atoms with Gasteiger partial charge in [-0.1, -0.05) is 23.7 Å². The summed E-state index contributed by atoms with van der Waals surface area (Å²) < 4.78 is 7.45. The van der Waals surface area contributed by atoms with Crippen molar-refractivity contribution in [3.63, 3.8) is 0 Å². The van der Waals surface area contributed by atoms with E-state index in [4.69, 9.17) is 21.3 Å². The molecule has 1 aliphatic rings. The van der Waals surface area contributed by atoms with Gasteiger partial charge < -0.3 is 24.8 Å². The van der Waals surface area contributed by atoms with E-state index < -0.39 is 0 Å². The number of anilines is 4. The summed E-state index contributed by atoms with van der Waals surface area (Å²) in [6, 6.07) is 8.93. The minimum Gasteiger partial charge on any atom is -0.375 e. The molecule has 1 aliphatic heterocycles. The van der Waals surface area contributed by atoms with Crippen molar-refractivity contribution in [2.24, 2.45) is 7.05 Å². The zero-order valence-corrected chi connectivity index (χ0v) is 21.9. The van der Waals surface area contributed by atoms with Gasteiger partial charge in [0.25, 0.3) is 5.56 Å². The first-order valence-corrected chi connectivity index (χ1v) is 12.5. The summed E-state index contributed by atoms with van der Waals surface area (Å²) in [7, 11) is 1.74. The predicted molar refractivity (Wildman–Crippen MR) is 146 cm³/mol. The fraction of sp³-hybridized carbons (Fsp3) is 0.346. The maximum atomic E-state index is 13.0. The fourth-order valence-corrected chi connectivity index (χ4v) is 4.79. The van der Waals surface area contributed by atoms with Crippen molar-refractivity contribution in [2.45, 2.75) is 39.0 Å². The average molecular weight is 521 g/mol. The molecule has 1 fully saturated rings. The van der Waals surface area contributed by atoms with E-state index in [1.807, 2.05) is 39.0 Å². The highest BCUT2D eigenvalue weighted by Gasteiger charge is 2.25. The van der Waals surface area contributed by atoms with Gasteiger partial charge in [0.1, 0.15) is 10.8 Å². The second-order valence-electron chi connectivity index (χ2n) is 9.28. The number of halogens is 1. The van der Waals surface area contributed by atoms with Crippen LogP contribution in [0.3, 0.4) is 0 Å². The van der Waals surface area contributed by atoms with Crippen molar-refractivity contribution in [2.75, 3.05) is 28.6 Å². The lowest BCUT2D eigenvalue weighted by Gasteiger charge is -2.35. The number of benzene rings is 1. The number of hydrogen-bond acceptors (Lipinski definition) is 9. The smallest absolute Gasteiger partial charge is 0.252 e. The van der Waals surface area contributed by atoms with Crippen molar-refractivity contribution in [1.82, 2.24) is 24.5 Å². The second-order valence-corrected chi connectivity index (χ2v) is 9.69. The number of morpholine rings is 1. The van der Waals surface area contributed by atoms with Gasteiger partial charge in [-0.2, -0.15) is 4.98 Å². The number of nitrogens with one attached hydrogen (secondary N) is 2. The summed E-state index contributed by atoms with van der Waals surface area (Å²) in [5, 5.41) is 7.98. The number of pyridine rings is 1. The Morgan fingerprint density at radius 2 is 1.81 bits per heavy atom. The molecule has 1 saturated heterocycles. The van der Waals surface area contributed by atoms with Crippen LogP contribution in [-0.2, 0) is 11.8 Å². The molecule has 10 nitrogen and oxygen atoms in total. The van der Waals surface area contributed by atoms with Gasteiger partial charge in [0.15, 0.2) is 5.82 Å². The van der Waals surface area contributed by atoms with E-state index in [2.05, 4.69) is 30.5 Å². The molecule has 1 unspecified atom stereocenters. The summed E-state index contributed by atoms with van der Waals surface area (Å²) >= 11 is 6.51. The molecule has 37 heavy (non-hydrogen) atoms. The van der Waals surface area contributed by atoms with Crippen LogP contribution in [-0.4, -0.2) is 49.8 Å². The molecule has 192 valence electrons. The third-order valence-electron chi connectivity index (χ3n) is 6.29. The van der Waals surface area contributed by atoms with E-state index in [0.29, 0.717) is 52.6 Å². The molecule has 3 aromatic heterocycles. The van der Waals surface area contributed by atoms with Gasteiger partial charge in [0, 0.05) is 49.7 Å². The number of aromatic nitrogens is 5. The standard InChI is InChI=1S/C26H29ClN8O2/c1-15-13-35(14-16(2)37-15)26-30-12-19(27)25(33-26)32-20-8-5-7-18-21(11-22(36)34(4)23(18)20)31-17(3)24-28-9-6-10-29-24/h5-12,15-17,31H,13-14H2,1-4H3,(H,30,32,33)/t15-,16+,17?. The highest BCUT2D eigenvalue weighted by Crippen LogP contribution is 2.33. The number of ether oxygens (including phenoxy) is 1. The van der Waals surface area contributed by atoms with Gasteiger partial charge in [-0.05, 0) is 32.9 Å². The first-order chi connectivity index (χ1) is 17.8. The Balaban J connectivity index is 1.51. The van der Waals surface area contributed by atoms with E-state index in [-0.39, 0.29) is 23.8 Å². The van der Waals surface area contributed by atoms with E-state index in [0.717, 1.165) is 5.39 Å². The highest BCUT2D eigenvalue weighted by atomic mass is 35.5. The molecule has 0 bridgehead atoms. The Labute approximate surface area is 219 Å². The number of rotatable bonds is 6. The molecule has 3 atom stereocenters. The van der Waals surface area contributed by atoms with Crippen LogP contribution in [0.15, 0.2) is 53.7 Å². The molecule has 0 spiro atoms. The fourth-order valence-electron chi connectivity index (χ4n) is 4.65. The van der Waals surface area contributed by atoms with E-state index in [1.54, 1.807) is 42.3 Å². The first kappa shape index (κ1) is 24.9. The van der Waals surface area contributed by atoms with Crippen LogP contribution >= 0.6 is 11.6 Å². The maximum Gasteiger partial charge on any atom is 0.252 e. The molecule has 0 radical (unpaired) electrons. The SMILES string of the molecule is CC(Nc1cc(=O)n(C)c2c(Nc3nc(N4C[C@@H](C)O[C@@H](C)C4)ncc3Cl)cccc12)c1ncccn1. The molecule has 2 N–H and O–H groups in total. The number of aryl methyl sites for hydroxylation is 1. The highest BCUT2D eigenvalue weighted by molar-refractivity contribution is 6.33. The molecule has 1 aromatic carbocycles. The van der Waals surface area contributed by atoms with Gasteiger partial charge in [0.2, 0.25) is 5.95 Å². The third kappa shape index (κ3) is 5.21. The normalized spacial score (nSPS) is 18.6. The largest absolute Gasteiger partial charge is 0.375 e. The molecule has 4 heterocycles. The zero-order valence-electron chi connectivity index (χ0n) is 21.1. The second kappa shape index (κ2) is 10.3. The summed E-state index contributed by atoms with van der Waals surface area (Å²) in [6.07, 6.45) is 5.13. The zero-order chi connectivity index (χ0) is 26.1. The minimum absolute atomic E-state index is 0.0710. The van der Waals surface area contributed by atoms with Crippen molar-refractivity contribution < 1.29 is 4.74 Å². The molecular weight excluding hydrogens is 492 g/mol. The van der Waals surface area contributed by atoms with Crippen LogP contribution < -0.4 is 21.1 Å². The van der Waals surface area contributed by atoms with Crippen LogP contribution in [0.25, 0.3) is 10.9 Å². The Morgan fingerprint density at radius 3 is 2.54 bits per heavy atom. The average Bonchev–Trinajstić information content (AvgIpc) is 2.88. The van der Waals surface area contributed by atoms with Crippen molar-refractivity contribution >= 4 is 45.6 Å². The topological polar surface area (TPSA) is 110 Å². The quantitative estimate of drug-likeness (QED) is 0.384. The Hall–Kier alpha value is -3.76. The molecule has 0 saturated carbocycles. The van der Waals surface area contributed by atoms with Crippen LogP contribution in [0, 0.1) is 0 Å². The molecule has 4 aromatic rings. The number of nitrogens with zero attached hydrogens (tertiary/aromatic N) is 6. The van der Waals surface area contributed by atoms with Crippen LogP contribution in [0.2, 0.25) is 5.02 Å². The molecular formula is C26H29ClN8O2. The summed E-state index contributed by atoms with van der Waals surface area (Å²) in [5.74, 6) is 1.67. The van der Waals surface area contributed by atoms with E-state index in [9.17, 15) is 4.79 Å². The Morgan fingerprint density at radius 1 is 1.08 bits per heavy atom. The van der Waals surface area contributed by atoms with Crippen LogP contribution in [0.1, 0.15) is 32.6 Å².